The largest absolute Gasteiger partial charge is 0.481 e. The number of benzene rings is 1. The third kappa shape index (κ3) is 3.89. The Morgan fingerprint density at radius 1 is 1.28 bits per heavy atom. The molecule has 96 valence electrons. The van der Waals surface area contributed by atoms with E-state index in [0.717, 1.165) is 5.56 Å². The number of hydrogen-bond acceptors (Lipinski definition) is 3. The average Bonchev–Trinajstić information content (AvgIpc) is 2.29. The summed E-state index contributed by atoms with van der Waals surface area (Å²) < 4.78 is 0. The summed E-state index contributed by atoms with van der Waals surface area (Å²) in [6.45, 7) is 1.76. The summed E-state index contributed by atoms with van der Waals surface area (Å²) in [5, 5.41) is 11.0. The quantitative estimate of drug-likeness (QED) is 0.721. The molecule has 0 atom stereocenters. The SMILES string of the molecule is Cc1ccc(C(N)=O)cc1NC(=O)CCC(=O)O. The molecule has 0 saturated heterocycles. The highest BCUT2D eigenvalue weighted by molar-refractivity contribution is 5.97. The number of nitrogens with two attached hydrogens (primary N) is 1. The van der Waals surface area contributed by atoms with E-state index in [1.807, 2.05) is 0 Å². The Balaban J connectivity index is 2.77. The fraction of sp³-hybridized carbons (Fsp3) is 0.250. The molecular formula is C12H14N2O4. The number of hydrogen-bond donors (Lipinski definition) is 3. The van der Waals surface area contributed by atoms with Crippen molar-refractivity contribution in [2.75, 3.05) is 5.32 Å². The number of carbonyl (C=O) groups excluding carboxylic acids is 2. The second-order valence-corrected chi connectivity index (χ2v) is 3.84. The molecule has 0 radical (unpaired) electrons. The summed E-state index contributed by atoms with van der Waals surface area (Å²) in [6, 6.07) is 4.69. The van der Waals surface area contributed by atoms with Gasteiger partial charge >= 0.3 is 5.97 Å². The molecule has 0 heterocycles. The van der Waals surface area contributed by atoms with Gasteiger partial charge in [0.05, 0.1) is 6.42 Å². The molecule has 1 rings (SSSR count). The third-order valence-corrected chi connectivity index (χ3v) is 2.36. The molecule has 0 saturated carbocycles. The van der Waals surface area contributed by atoms with Gasteiger partial charge in [-0.1, -0.05) is 6.07 Å². The molecule has 0 unspecified atom stereocenters. The van der Waals surface area contributed by atoms with E-state index in [0.29, 0.717) is 5.69 Å². The van der Waals surface area contributed by atoms with Crippen LogP contribution in [0.25, 0.3) is 0 Å². The predicted molar refractivity (Wildman–Crippen MR) is 65.2 cm³/mol. The van der Waals surface area contributed by atoms with Crippen molar-refractivity contribution in [3.8, 4) is 0 Å². The lowest BCUT2D eigenvalue weighted by Crippen LogP contribution is -2.16. The molecular weight excluding hydrogens is 236 g/mol. The molecule has 0 aliphatic rings. The fourth-order valence-corrected chi connectivity index (χ4v) is 1.34. The van der Waals surface area contributed by atoms with Gasteiger partial charge in [0.15, 0.2) is 0 Å². The molecule has 0 aromatic heterocycles. The predicted octanol–water partition coefficient (Wildman–Crippen LogP) is 0.897. The summed E-state index contributed by atoms with van der Waals surface area (Å²) in [7, 11) is 0. The number of carboxylic acid groups (broad SMARTS) is 1. The first-order valence-electron chi connectivity index (χ1n) is 5.32. The maximum absolute atomic E-state index is 11.5. The van der Waals surface area contributed by atoms with Crippen LogP contribution in [0, 0.1) is 6.92 Å². The van der Waals surface area contributed by atoms with Crippen molar-refractivity contribution in [3.63, 3.8) is 0 Å². The van der Waals surface area contributed by atoms with Gasteiger partial charge in [0, 0.05) is 17.7 Å². The van der Waals surface area contributed by atoms with Crippen LogP contribution in [0.3, 0.4) is 0 Å². The van der Waals surface area contributed by atoms with Gasteiger partial charge in [0.1, 0.15) is 0 Å². The summed E-state index contributed by atoms with van der Waals surface area (Å²) >= 11 is 0. The summed E-state index contributed by atoms with van der Waals surface area (Å²) in [5.74, 6) is -2.04. The first-order valence-corrected chi connectivity index (χ1v) is 5.32. The Morgan fingerprint density at radius 3 is 2.50 bits per heavy atom. The van der Waals surface area contributed by atoms with Crippen molar-refractivity contribution in [2.45, 2.75) is 19.8 Å². The van der Waals surface area contributed by atoms with Crippen LogP contribution in [0.2, 0.25) is 0 Å². The number of primary amides is 1. The third-order valence-electron chi connectivity index (χ3n) is 2.36. The Bertz CT molecular complexity index is 497. The van der Waals surface area contributed by atoms with E-state index < -0.39 is 17.8 Å². The molecule has 18 heavy (non-hydrogen) atoms. The monoisotopic (exact) mass is 250 g/mol. The number of anilines is 1. The Hall–Kier alpha value is -2.37. The molecule has 2 amide bonds. The van der Waals surface area contributed by atoms with Gasteiger partial charge in [-0.25, -0.2) is 0 Å². The molecule has 1 aromatic carbocycles. The molecule has 6 nitrogen and oxygen atoms in total. The van der Waals surface area contributed by atoms with E-state index in [-0.39, 0.29) is 18.4 Å². The number of amides is 2. The minimum atomic E-state index is -1.03. The molecule has 0 aliphatic carbocycles. The van der Waals surface area contributed by atoms with Gasteiger partial charge in [0.25, 0.3) is 0 Å². The van der Waals surface area contributed by atoms with Crippen LogP contribution >= 0.6 is 0 Å². The number of aryl methyl sites for hydroxylation is 1. The van der Waals surface area contributed by atoms with Gasteiger partial charge in [0.2, 0.25) is 11.8 Å². The Morgan fingerprint density at radius 2 is 1.94 bits per heavy atom. The van der Waals surface area contributed by atoms with Crippen LogP contribution in [-0.4, -0.2) is 22.9 Å². The molecule has 0 bridgehead atoms. The normalized spacial score (nSPS) is 9.83. The van der Waals surface area contributed by atoms with Crippen molar-refractivity contribution in [1.29, 1.82) is 0 Å². The molecule has 1 aromatic rings. The van der Waals surface area contributed by atoms with Gasteiger partial charge in [-0.2, -0.15) is 0 Å². The Kier molecular flexibility index (Phi) is 4.42. The van der Waals surface area contributed by atoms with Gasteiger partial charge in [-0.3, -0.25) is 14.4 Å². The van der Waals surface area contributed by atoms with E-state index in [1.165, 1.54) is 6.07 Å². The minimum absolute atomic E-state index is 0.116. The number of rotatable bonds is 5. The van der Waals surface area contributed by atoms with Gasteiger partial charge < -0.3 is 16.2 Å². The topological polar surface area (TPSA) is 109 Å². The second-order valence-electron chi connectivity index (χ2n) is 3.84. The Labute approximate surface area is 104 Å². The fourth-order valence-electron chi connectivity index (χ4n) is 1.34. The number of aliphatic carboxylic acids is 1. The van der Waals surface area contributed by atoms with Crippen molar-refractivity contribution < 1.29 is 19.5 Å². The molecule has 6 heteroatoms. The summed E-state index contributed by atoms with van der Waals surface area (Å²) in [5.41, 5.74) is 6.65. The lowest BCUT2D eigenvalue weighted by molar-refractivity contribution is -0.138. The first kappa shape index (κ1) is 13.7. The standard InChI is InChI=1S/C12H14N2O4/c1-7-2-3-8(12(13)18)6-9(7)14-10(15)4-5-11(16)17/h2-3,6H,4-5H2,1H3,(H2,13,18)(H,14,15)(H,16,17). The molecule has 4 N–H and O–H groups in total. The van der Waals surface area contributed by atoms with Gasteiger partial charge in [-0.05, 0) is 24.6 Å². The lowest BCUT2D eigenvalue weighted by atomic mass is 10.1. The zero-order chi connectivity index (χ0) is 13.7. The van der Waals surface area contributed by atoms with Gasteiger partial charge in [-0.15, -0.1) is 0 Å². The maximum Gasteiger partial charge on any atom is 0.303 e. The van der Waals surface area contributed by atoms with Crippen LogP contribution in [0.4, 0.5) is 5.69 Å². The molecule has 0 fully saturated rings. The van der Waals surface area contributed by atoms with E-state index in [9.17, 15) is 14.4 Å². The van der Waals surface area contributed by atoms with Crippen molar-refractivity contribution in [1.82, 2.24) is 0 Å². The smallest absolute Gasteiger partial charge is 0.303 e. The highest BCUT2D eigenvalue weighted by Gasteiger charge is 2.09. The first-order chi connectivity index (χ1) is 8.40. The van der Waals surface area contributed by atoms with Crippen molar-refractivity contribution >= 4 is 23.5 Å². The van der Waals surface area contributed by atoms with Crippen LogP contribution in [0.5, 0.6) is 0 Å². The minimum Gasteiger partial charge on any atom is -0.481 e. The second kappa shape index (κ2) is 5.81. The summed E-state index contributed by atoms with van der Waals surface area (Å²) in [6.07, 6.45) is -0.351. The molecule has 0 aliphatic heterocycles. The number of carboxylic acids is 1. The number of carbonyl (C=O) groups is 3. The van der Waals surface area contributed by atoms with E-state index in [2.05, 4.69) is 5.32 Å². The zero-order valence-electron chi connectivity index (χ0n) is 9.90. The lowest BCUT2D eigenvalue weighted by Gasteiger charge is -2.09. The van der Waals surface area contributed by atoms with Crippen LogP contribution in [0.15, 0.2) is 18.2 Å². The van der Waals surface area contributed by atoms with E-state index >= 15 is 0 Å². The molecule has 0 spiro atoms. The van der Waals surface area contributed by atoms with Crippen molar-refractivity contribution in [3.05, 3.63) is 29.3 Å². The average molecular weight is 250 g/mol. The number of nitrogens with one attached hydrogen (secondary N) is 1. The highest BCUT2D eigenvalue weighted by atomic mass is 16.4. The van der Waals surface area contributed by atoms with E-state index in [4.69, 9.17) is 10.8 Å². The zero-order valence-corrected chi connectivity index (χ0v) is 9.90. The van der Waals surface area contributed by atoms with Crippen molar-refractivity contribution in [2.24, 2.45) is 5.73 Å². The van der Waals surface area contributed by atoms with Crippen LogP contribution in [-0.2, 0) is 9.59 Å². The van der Waals surface area contributed by atoms with Crippen LogP contribution in [0.1, 0.15) is 28.8 Å². The van der Waals surface area contributed by atoms with E-state index in [1.54, 1.807) is 19.1 Å². The highest BCUT2D eigenvalue weighted by Crippen LogP contribution is 2.17. The van der Waals surface area contributed by atoms with Crippen LogP contribution < -0.4 is 11.1 Å². The maximum atomic E-state index is 11.5. The summed E-state index contributed by atoms with van der Waals surface area (Å²) in [4.78, 5) is 32.8.